The van der Waals surface area contributed by atoms with E-state index in [1.165, 1.54) is 32.1 Å². The molecule has 1 N–H and O–H groups in total. The summed E-state index contributed by atoms with van der Waals surface area (Å²) in [6.07, 6.45) is 6.32. The Morgan fingerprint density at radius 3 is 2.35 bits per heavy atom. The van der Waals surface area contributed by atoms with Crippen molar-refractivity contribution >= 4 is 0 Å². The average molecular weight is 272 g/mol. The topological polar surface area (TPSA) is 29.5 Å². The first-order valence-electron chi connectivity index (χ1n) is 8.15. The van der Waals surface area contributed by atoms with Crippen LogP contribution in [-0.4, -0.2) is 11.7 Å². The monoisotopic (exact) mass is 272 g/mol. The minimum Gasteiger partial charge on any atom is -0.494 e. The zero-order chi connectivity index (χ0) is 13.7. The predicted octanol–water partition coefficient (Wildman–Crippen LogP) is 3.73. The van der Waals surface area contributed by atoms with E-state index in [0.29, 0.717) is 18.4 Å². The fourth-order valence-corrected chi connectivity index (χ4v) is 5.38. The summed E-state index contributed by atoms with van der Waals surface area (Å²) in [5, 5.41) is 11.5. The molecule has 1 aromatic carbocycles. The Kier molecular flexibility index (Phi) is 2.85. The van der Waals surface area contributed by atoms with E-state index in [1.54, 1.807) is 0 Å². The first-order valence-corrected chi connectivity index (χ1v) is 8.15. The van der Waals surface area contributed by atoms with Crippen molar-refractivity contribution in [1.82, 2.24) is 0 Å². The molecule has 0 amide bonds. The Morgan fingerprint density at radius 2 is 1.75 bits per heavy atom. The van der Waals surface area contributed by atoms with Gasteiger partial charge in [0.25, 0.3) is 0 Å². The maximum Gasteiger partial charge on any atom is 0.119 e. The van der Waals surface area contributed by atoms with Gasteiger partial charge >= 0.3 is 0 Å². The number of hydrogen-bond donors (Lipinski definition) is 1. The van der Waals surface area contributed by atoms with Crippen molar-refractivity contribution in [1.29, 1.82) is 0 Å². The molecule has 0 radical (unpaired) electrons. The molecule has 0 saturated heterocycles. The highest BCUT2D eigenvalue weighted by Gasteiger charge is 2.57. The molecule has 108 valence electrons. The number of rotatable bonds is 3. The molecule has 1 aromatic rings. The lowest BCUT2D eigenvalue weighted by atomic mass is 9.48. The lowest BCUT2D eigenvalue weighted by Crippen LogP contribution is -2.55. The second-order valence-corrected chi connectivity index (χ2v) is 7.09. The van der Waals surface area contributed by atoms with E-state index in [9.17, 15) is 5.11 Å². The van der Waals surface area contributed by atoms with E-state index in [-0.39, 0.29) is 0 Å². The van der Waals surface area contributed by atoms with Gasteiger partial charge in [-0.15, -0.1) is 0 Å². The van der Waals surface area contributed by atoms with Crippen LogP contribution in [0, 0.1) is 23.7 Å². The molecular weight excluding hydrogens is 248 g/mol. The van der Waals surface area contributed by atoms with Gasteiger partial charge in [0, 0.05) is 0 Å². The van der Waals surface area contributed by atoms with Gasteiger partial charge in [0.2, 0.25) is 0 Å². The van der Waals surface area contributed by atoms with Crippen LogP contribution in [0.4, 0.5) is 0 Å². The van der Waals surface area contributed by atoms with E-state index in [1.807, 2.05) is 19.1 Å². The standard InChI is InChI=1S/C18H24O2/c1-2-20-17-5-3-4-14(11-17)18(19)15-7-12-6-13(9-15)10-16(18)8-12/h3-5,11-13,15-16,19H,2,6-10H2,1H3. The Balaban J connectivity index is 1.71. The summed E-state index contributed by atoms with van der Waals surface area (Å²) >= 11 is 0. The quantitative estimate of drug-likeness (QED) is 0.908. The zero-order valence-corrected chi connectivity index (χ0v) is 12.2. The average Bonchev–Trinajstić information content (AvgIpc) is 2.44. The number of ether oxygens (including phenoxy) is 1. The van der Waals surface area contributed by atoms with E-state index in [2.05, 4.69) is 12.1 Å². The van der Waals surface area contributed by atoms with Gasteiger partial charge in [0.15, 0.2) is 0 Å². The smallest absolute Gasteiger partial charge is 0.119 e. The van der Waals surface area contributed by atoms with Crippen LogP contribution < -0.4 is 4.74 Å². The van der Waals surface area contributed by atoms with E-state index >= 15 is 0 Å². The Bertz CT molecular complexity index is 480. The van der Waals surface area contributed by atoms with Crippen LogP contribution in [0.1, 0.15) is 44.6 Å². The number of hydrogen-bond acceptors (Lipinski definition) is 2. The van der Waals surface area contributed by atoms with Crippen molar-refractivity contribution in [2.75, 3.05) is 6.61 Å². The van der Waals surface area contributed by atoms with Gasteiger partial charge in [0.1, 0.15) is 5.75 Å². The molecule has 4 saturated carbocycles. The summed E-state index contributed by atoms with van der Waals surface area (Å²) in [7, 11) is 0. The first kappa shape index (κ1) is 12.7. The van der Waals surface area contributed by atoms with E-state index < -0.39 is 5.60 Å². The van der Waals surface area contributed by atoms with Crippen LogP contribution in [-0.2, 0) is 5.60 Å². The number of benzene rings is 1. The molecule has 0 heterocycles. The highest BCUT2D eigenvalue weighted by Crippen LogP contribution is 2.61. The molecular formula is C18H24O2. The maximum atomic E-state index is 11.5. The molecule has 5 rings (SSSR count). The zero-order valence-electron chi connectivity index (χ0n) is 12.2. The Labute approximate surface area is 121 Å². The van der Waals surface area contributed by atoms with Crippen molar-refractivity contribution in [3.63, 3.8) is 0 Å². The molecule has 4 bridgehead atoms. The molecule has 0 spiro atoms. The third-order valence-corrected chi connectivity index (χ3v) is 5.99. The first-order chi connectivity index (χ1) is 9.70. The van der Waals surface area contributed by atoms with Crippen LogP contribution in [0.25, 0.3) is 0 Å². The van der Waals surface area contributed by atoms with Gasteiger partial charge in [-0.2, -0.15) is 0 Å². The van der Waals surface area contributed by atoms with Crippen LogP contribution >= 0.6 is 0 Å². The van der Waals surface area contributed by atoms with E-state index in [0.717, 1.165) is 23.1 Å². The second kappa shape index (κ2) is 4.49. The molecule has 0 atom stereocenters. The summed E-state index contributed by atoms with van der Waals surface area (Å²) in [4.78, 5) is 0. The molecule has 0 aliphatic heterocycles. The minimum absolute atomic E-state index is 0.468. The van der Waals surface area contributed by atoms with Crippen LogP contribution in [0.5, 0.6) is 5.75 Å². The van der Waals surface area contributed by atoms with Crippen LogP contribution in [0.3, 0.4) is 0 Å². The summed E-state index contributed by atoms with van der Waals surface area (Å²) in [6, 6.07) is 8.20. The molecule has 2 heteroatoms. The largest absolute Gasteiger partial charge is 0.494 e. The normalized spacial score (nSPS) is 41.9. The van der Waals surface area contributed by atoms with Gasteiger partial charge in [-0.1, -0.05) is 12.1 Å². The lowest BCUT2D eigenvalue weighted by molar-refractivity contribution is -0.179. The van der Waals surface area contributed by atoms with Gasteiger partial charge in [0.05, 0.1) is 12.2 Å². The SMILES string of the molecule is CCOc1cccc(C2(O)C3CC4CC(C3)CC2C4)c1. The molecule has 0 aromatic heterocycles. The second-order valence-electron chi connectivity index (χ2n) is 7.09. The van der Waals surface area contributed by atoms with Crippen molar-refractivity contribution < 1.29 is 9.84 Å². The van der Waals surface area contributed by atoms with Gasteiger partial charge in [-0.25, -0.2) is 0 Å². The molecule has 4 fully saturated rings. The summed E-state index contributed by atoms with van der Waals surface area (Å²) in [5.74, 6) is 3.60. The Hall–Kier alpha value is -1.02. The number of aliphatic hydroxyl groups is 1. The maximum absolute atomic E-state index is 11.5. The fraction of sp³-hybridized carbons (Fsp3) is 0.667. The third-order valence-electron chi connectivity index (χ3n) is 5.99. The molecule has 4 aliphatic rings. The summed E-state index contributed by atoms with van der Waals surface area (Å²) < 4.78 is 5.62. The van der Waals surface area contributed by atoms with Gasteiger partial charge in [-0.05, 0) is 80.4 Å². The molecule has 0 unspecified atom stereocenters. The minimum atomic E-state index is -0.597. The van der Waals surface area contributed by atoms with Gasteiger partial charge < -0.3 is 9.84 Å². The van der Waals surface area contributed by atoms with Crippen molar-refractivity contribution in [3.8, 4) is 5.75 Å². The van der Waals surface area contributed by atoms with Crippen molar-refractivity contribution in [3.05, 3.63) is 29.8 Å². The molecule has 20 heavy (non-hydrogen) atoms. The van der Waals surface area contributed by atoms with Gasteiger partial charge in [-0.3, -0.25) is 0 Å². The predicted molar refractivity (Wildman–Crippen MR) is 78.6 cm³/mol. The summed E-state index contributed by atoms with van der Waals surface area (Å²) in [5.41, 5.74) is 0.498. The van der Waals surface area contributed by atoms with Crippen molar-refractivity contribution in [2.24, 2.45) is 23.7 Å². The molecule has 2 nitrogen and oxygen atoms in total. The Morgan fingerprint density at radius 1 is 1.10 bits per heavy atom. The highest BCUT2D eigenvalue weighted by molar-refractivity contribution is 5.35. The highest BCUT2D eigenvalue weighted by atomic mass is 16.5. The van der Waals surface area contributed by atoms with Crippen molar-refractivity contribution in [2.45, 2.75) is 44.6 Å². The third kappa shape index (κ3) is 1.74. The summed E-state index contributed by atoms with van der Waals surface area (Å²) in [6.45, 7) is 2.68. The van der Waals surface area contributed by atoms with Crippen LogP contribution in [0.2, 0.25) is 0 Å². The van der Waals surface area contributed by atoms with Crippen LogP contribution in [0.15, 0.2) is 24.3 Å². The molecule has 4 aliphatic carbocycles. The lowest BCUT2D eigenvalue weighted by Gasteiger charge is -2.59. The van der Waals surface area contributed by atoms with E-state index in [4.69, 9.17) is 4.74 Å². The fourth-order valence-electron chi connectivity index (χ4n) is 5.38.